The van der Waals surface area contributed by atoms with Gasteiger partial charge in [-0.15, -0.1) is 0 Å². The maximum atomic E-state index is 5.42. The molecule has 0 saturated carbocycles. The minimum Gasteiger partial charge on any atom is -0.468 e. The summed E-state index contributed by atoms with van der Waals surface area (Å²) in [4.78, 5) is 7.92. The van der Waals surface area contributed by atoms with Crippen LogP contribution in [0.15, 0.2) is 41.0 Å². The van der Waals surface area contributed by atoms with Crippen LogP contribution in [0.5, 0.6) is 0 Å². The Kier molecular flexibility index (Phi) is 3.09. The lowest BCUT2D eigenvalue weighted by molar-refractivity contribution is 0.452. The topological polar surface area (TPSA) is 53.9 Å². The number of nitrogens with one attached hydrogen (secondary N) is 2. The first kappa shape index (κ1) is 12.0. The number of furan rings is 1. The minimum atomic E-state index is 0.150. The molecule has 19 heavy (non-hydrogen) atoms. The van der Waals surface area contributed by atoms with Crippen LogP contribution in [-0.2, 0) is 6.54 Å². The fourth-order valence-corrected chi connectivity index (χ4v) is 2.11. The Balaban J connectivity index is 1.73. The van der Waals surface area contributed by atoms with E-state index in [1.807, 2.05) is 37.3 Å². The molecule has 1 unspecified atom stereocenters. The molecular weight excluding hydrogens is 238 g/mol. The van der Waals surface area contributed by atoms with Gasteiger partial charge in [-0.1, -0.05) is 12.1 Å². The van der Waals surface area contributed by atoms with Crippen molar-refractivity contribution in [2.75, 3.05) is 0 Å². The van der Waals surface area contributed by atoms with Crippen LogP contribution in [-0.4, -0.2) is 9.97 Å². The molecule has 4 nitrogen and oxygen atoms in total. The van der Waals surface area contributed by atoms with Crippen molar-refractivity contribution in [1.82, 2.24) is 15.3 Å². The summed E-state index contributed by atoms with van der Waals surface area (Å²) in [5.74, 6) is 1.92. The number of benzene rings is 1. The number of aryl methyl sites for hydroxylation is 1. The summed E-state index contributed by atoms with van der Waals surface area (Å²) in [7, 11) is 0. The second kappa shape index (κ2) is 4.90. The van der Waals surface area contributed by atoms with Crippen molar-refractivity contribution < 1.29 is 4.42 Å². The van der Waals surface area contributed by atoms with Crippen LogP contribution in [0.1, 0.15) is 30.1 Å². The van der Waals surface area contributed by atoms with Gasteiger partial charge in [0.1, 0.15) is 11.6 Å². The first-order valence-corrected chi connectivity index (χ1v) is 6.45. The molecular formula is C15H17N3O. The van der Waals surface area contributed by atoms with E-state index in [9.17, 15) is 0 Å². The monoisotopic (exact) mass is 255 g/mol. The van der Waals surface area contributed by atoms with Gasteiger partial charge in [0.05, 0.1) is 29.9 Å². The average Bonchev–Trinajstić information content (AvgIpc) is 3.01. The number of aromatic amines is 1. The molecule has 2 aromatic heterocycles. The lowest BCUT2D eigenvalue weighted by Gasteiger charge is -2.10. The second-order valence-corrected chi connectivity index (χ2v) is 4.77. The maximum absolute atomic E-state index is 5.42. The molecule has 0 spiro atoms. The quantitative estimate of drug-likeness (QED) is 0.752. The first-order valence-electron chi connectivity index (χ1n) is 6.45. The van der Waals surface area contributed by atoms with Crippen molar-refractivity contribution in [3.8, 4) is 0 Å². The summed E-state index contributed by atoms with van der Waals surface area (Å²) in [6.07, 6.45) is 1.72. The highest BCUT2D eigenvalue weighted by Crippen LogP contribution is 2.16. The normalized spacial score (nSPS) is 12.9. The number of para-hydroxylation sites is 2. The zero-order chi connectivity index (χ0) is 13.2. The summed E-state index contributed by atoms with van der Waals surface area (Å²) in [5.41, 5.74) is 3.24. The Hall–Kier alpha value is -2.07. The predicted molar refractivity (Wildman–Crippen MR) is 74.8 cm³/mol. The third-order valence-corrected chi connectivity index (χ3v) is 3.35. The van der Waals surface area contributed by atoms with Gasteiger partial charge in [-0.05, 0) is 37.6 Å². The van der Waals surface area contributed by atoms with Gasteiger partial charge in [-0.25, -0.2) is 4.98 Å². The number of imidazole rings is 1. The molecule has 3 aromatic rings. The molecule has 0 amide bonds. The predicted octanol–water partition coefficient (Wildman–Crippen LogP) is 3.32. The number of H-pyrrole nitrogens is 1. The van der Waals surface area contributed by atoms with Crippen molar-refractivity contribution in [2.24, 2.45) is 0 Å². The van der Waals surface area contributed by atoms with E-state index in [-0.39, 0.29) is 6.04 Å². The largest absolute Gasteiger partial charge is 0.468 e. The molecule has 0 bridgehead atoms. The molecule has 98 valence electrons. The van der Waals surface area contributed by atoms with E-state index in [0.29, 0.717) is 6.54 Å². The number of hydrogen-bond acceptors (Lipinski definition) is 3. The molecule has 4 heteroatoms. The van der Waals surface area contributed by atoms with E-state index in [4.69, 9.17) is 4.42 Å². The Bertz CT molecular complexity index is 650. The molecule has 0 fully saturated rings. The van der Waals surface area contributed by atoms with Crippen molar-refractivity contribution in [3.05, 3.63) is 53.7 Å². The summed E-state index contributed by atoms with van der Waals surface area (Å²) in [5, 5.41) is 3.42. The molecule has 0 aliphatic carbocycles. The smallest absolute Gasteiger partial charge is 0.124 e. The first-order chi connectivity index (χ1) is 9.24. The highest BCUT2D eigenvalue weighted by Gasteiger charge is 2.11. The number of hydrogen-bond donors (Lipinski definition) is 2. The summed E-state index contributed by atoms with van der Waals surface area (Å²) in [6.45, 7) is 4.85. The van der Waals surface area contributed by atoms with Crippen LogP contribution in [0, 0.1) is 6.92 Å². The molecule has 0 radical (unpaired) electrons. The fraction of sp³-hybridized carbons (Fsp3) is 0.267. The van der Waals surface area contributed by atoms with Crippen LogP contribution in [0.2, 0.25) is 0 Å². The lowest BCUT2D eigenvalue weighted by Crippen LogP contribution is -2.19. The fourth-order valence-electron chi connectivity index (χ4n) is 2.11. The van der Waals surface area contributed by atoms with Crippen molar-refractivity contribution in [2.45, 2.75) is 26.4 Å². The van der Waals surface area contributed by atoms with E-state index >= 15 is 0 Å². The van der Waals surface area contributed by atoms with Gasteiger partial charge in [-0.3, -0.25) is 0 Å². The summed E-state index contributed by atoms with van der Waals surface area (Å²) in [6, 6.07) is 10.2. The molecule has 1 aromatic carbocycles. The maximum Gasteiger partial charge on any atom is 0.124 e. The highest BCUT2D eigenvalue weighted by atomic mass is 16.3. The van der Waals surface area contributed by atoms with Crippen molar-refractivity contribution in [3.63, 3.8) is 0 Å². The highest BCUT2D eigenvalue weighted by molar-refractivity contribution is 5.74. The third kappa shape index (κ3) is 2.39. The molecule has 0 aliphatic rings. The number of nitrogens with zero attached hydrogens (tertiary/aromatic N) is 1. The van der Waals surface area contributed by atoms with Crippen LogP contribution in [0.3, 0.4) is 0 Å². The van der Waals surface area contributed by atoms with Crippen LogP contribution < -0.4 is 5.32 Å². The van der Waals surface area contributed by atoms with Crippen LogP contribution >= 0.6 is 0 Å². The minimum absolute atomic E-state index is 0.150. The Morgan fingerprint density at radius 2 is 2.16 bits per heavy atom. The Morgan fingerprint density at radius 3 is 2.89 bits per heavy atom. The second-order valence-electron chi connectivity index (χ2n) is 4.77. The number of fused-ring (bicyclic) bond motifs is 1. The lowest BCUT2D eigenvalue weighted by atomic mass is 10.2. The zero-order valence-corrected chi connectivity index (χ0v) is 11.1. The molecule has 0 aliphatic heterocycles. The molecule has 3 rings (SSSR count). The Morgan fingerprint density at radius 1 is 1.32 bits per heavy atom. The van der Waals surface area contributed by atoms with Gasteiger partial charge in [0, 0.05) is 0 Å². The third-order valence-electron chi connectivity index (χ3n) is 3.35. The summed E-state index contributed by atoms with van der Waals surface area (Å²) >= 11 is 0. The van der Waals surface area contributed by atoms with Gasteiger partial charge >= 0.3 is 0 Å². The molecule has 0 saturated heterocycles. The standard InChI is InChI=1S/C15H17N3O/c1-10-7-8-19-14(10)9-16-11(2)15-17-12-5-3-4-6-13(12)18-15/h3-8,11,16H,9H2,1-2H3,(H,17,18). The SMILES string of the molecule is Cc1ccoc1CNC(C)c1nc2ccccc2[nH]1. The molecule has 2 heterocycles. The summed E-state index contributed by atoms with van der Waals surface area (Å²) < 4.78 is 5.42. The number of rotatable bonds is 4. The van der Waals surface area contributed by atoms with E-state index in [1.165, 1.54) is 5.56 Å². The van der Waals surface area contributed by atoms with Gasteiger partial charge in [-0.2, -0.15) is 0 Å². The van der Waals surface area contributed by atoms with Crippen LogP contribution in [0.25, 0.3) is 11.0 Å². The van der Waals surface area contributed by atoms with E-state index in [1.54, 1.807) is 6.26 Å². The number of aromatic nitrogens is 2. The van der Waals surface area contributed by atoms with Crippen molar-refractivity contribution >= 4 is 11.0 Å². The van der Waals surface area contributed by atoms with E-state index in [2.05, 4.69) is 22.2 Å². The van der Waals surface area contributed by atoms with Crippen LogP contribution in [0.4, 0.5) is 0 Å². The van der Waals surface area contributed by atoms with Gasteiger partial charge in [0.25, 0.3) is 0 Å². The van der Waals surface area contributed by atoms with Gasteiger partial charge < -0.3 is 14.7 Å². The van der Waals surface area contributed by atoms with E-state index in [0.717, 1.165) is 22.6 Å². The zero-order valence-electron chi connectivity index (χ0n) is 11.1. The van der Waals surface area contributed by atoms with Gasteiger partial charge in [0.15, 0.2) is 0 Å². The van der Waals surface area contributed by atoms with E-state index < -0.39 is 0 Å². The van der Waals surface area contributed by atoms with Gasteiger partial charge in [0.2, 0.25) is 0 Å². The molecule has 1 atom stereocenters. The average molecular weight is 255 g/mol. The molecule has 2 N–H and O–H groups in total. The van der Waals surface area contributed by atoms with Crippen molar-refractivity contribution in [1.29, 1.82) is 0 Å². The Labute approximate surface area is 111 Å².